The Balaban J connectivity index is 1.53. The Hall–Kier alpha value is -4.28. The van der Waals surface area contributed by atoms with Crippen molar-refractivity contribution in [1.29, 1.82) is 0 Å². The Morgan fingerprint density at radius 1 is 1.00 bits per heavy atom. The van der Waals surface area contributed by atoms with Crippen molar-refractivity contribution in [3.63, 3.8) is 0 Å². The van der Waals surface area contributed by atoms with Gasteiger partial charge in [-0.2, -0.15) is 0 Å². The predicted molar refractivity (Wildman–Crippen MR) is 130 cm³/mol. The van der Waals surface area contributed by atoms with Crippen molar-refractivity contribution in [1.82, 2.24) is 24.8 Å². The summed E-state index contributed by atoms with van der Waals surface area (Å²) in [5.74, 6) is 0.442. The third-order valence-corrected chi connectivity index (χ3v) is 5.19. The number of anilines is 3. The van der Waals surface area contributed by atoms with E-state index in [4.69, 9.17) is 4.74 Å². The number of rotatable bonds is 5. The number of carbonyl (C=O) groups is 2. The molecule has 1 amide bonds. The molecular weight excluding hydrogens is 450 g/mol. The summed E-state index contributed by atoms with van der Waals surface area (Å²) in [5.41, 5.74) is 0.746. The Kier molecular flexibility index (Phi) is 6.76. The molecule has 1 saturated heterocycles. The number of hydrogen-bond donors (Lipinski definition) is 2. The van der Waals surface area contributed by atoms with E-state index in [1.165, 1.54) is 24.5 Å². The van der Waals surface area contributed by atoms with Crippen molar-refractivity contribution in [2.75, 3.05) is 36.4 Å². The largest absolute Gasteiger partial charge is 0.478 e. The molecular formula is C24H27N7O4. The van der Waals surface area contributed by atoms with Gasteiger partial charge in [0.05, 0.1) is 17.5 Å². The minimum atomic E-state index is -1.07. The normalized spacial score (nSPS) is 13.9. The number of piperazine rings is 1. The first-order valence-electron chi connectivity index (χ1n) is 11.2. The molecule has 1 aliphatic rings. The second-order valence-corrected chi connectivity index (χ2v) is 9.00. The van der Waals surface area contributed by atoms with Gasteiger partial charge in [0, 0.05) is 50.3 Å². The summed E-state index contributed by atoms with van der Waals surface area (Å²) < 4.78 is 5.46. The van der Waals surface area contributed by atoms with Crippen molar-refractivity contribution in [3.05, 3.63) is 54.6 Å². The summed E-state index contributed by atoms with van der Waals surface area (Å²) in [6, 6.07) is 6.60. The molecule has 11 heteroatoms. The number of aromatic nitrogens is 4. The van der Waals surface area contributed by atoms with Crippen LogP contribution < -0.4 is 10.2 Å². The van der Waals surface area contributed by atoms with Crippen LogP contribution >= 0.6 is 0 Å². The summed E-state index contributed by atoms with van der Waals surface area (Å²) in [6.45, 7) is 7.75. The third kappa shape index (κ3) is 6.19. The molecule has 11 nitrogen and oxygen atoms in total. The molecule has 0 aliphatic carbocycles. The number of ether oxygens (including phenoxy) is 1. The molecule has 2 N–H and O–H groups in total. The summed E-state index contributed by atoms with van der Waals surface area (Å²) in [4.78, 5) is 45.0. The minimum Gasteiger partial charge on any atom is -0.478 e. The molecule has 0 radical (unpaired) electrons. The molecule has 1 aliphatic heterocycles. The fraction of sp³-hybridized carbons (Fsp3) is 0.333. The maximum Gasteiger partial charge on any atom is 0.410 e. The van der Waals surface area contributed by atoms with Gasteiger partial charge in [-0.05, 0) is 45.0 Å². The number of carboxylic acids is 1. The molecule has 0 aromatic carbocycles. The molecule has 0 bridgehead atoms. The highest BCUT2D eigenvalue weighted by molar-refractivity contribution is 5.90. The van der Waals surface area contributed by atoms with Crippen LogP contribution in [0.3, 0.4) is 0 Å². The van der Waals surface area contributed by atoms with E-state index in [9.17, 15) is 14.7 Å². The van der Waals surface area contributed by atoms with E-state index < -0.39 is 11.6 Å². The molecule has 4 heterocycles. The average Bonchev–Trinajstić information content (AvgIpc) is 2.83. The van der Waals surface area contributed by atoms with Crippen molar-refractivity contribution in [2.24, 2.45) is 0 Å². The number of carboxylic acid groups (broad SMARTS) is 1. The minimum absolute atomic E-state index is 0.0886. The number of carbonyl (C=O) groups excluding carboxylic acids is 1. The van der Waals surface area contributed by atoms with Gasteiger partial charge in [-0.3, -0.25) is 4.98 Å². The second-order valence-electron chi connectivity index (χ2n) is 9.00. The van der Waals surface area contributed by atoms with Crippen molar-refractivity contribution >= 4 is 29.5 Å². The van der Waals surface area contributed by atoms with E-state index in [-0.39, 0.29) is 11.7 Å². The fourth-order valence-corrected chi connectivity index (χ4v) is 3.56. The van der Waals surface area contributed by atoms with E-state index in [1.54, 1.807) is 23.4 Å². The maximum atomic E-state index is 12.3. The van der Waals surface area contributed by atoms with Gasteiger partial charge in [0.2, 0.25) is 0 Å². The molecule has 35 heavy (non-hydrogen) atoms. The lowest BCUT2D eigenvalue weighted by atomic mass is 10.1. The molecule has 0 spiro atoms. The van der Waals surface area contributed by atoms with Gasteiger partial charge in [0.25, 0.3) is 0 Å². The van der Waals surface area contributed by atoms with Gasteiger partial charge in [0.15, 0.2) is 0 Å². The smallest absolute Gasteiger partial charge is 0.410 e. The van der Waals surface area contributed by atoms with Crippen LogP contribution in [0.5, 0.6) is 0 Å². The van der Waals surface area contributed by atoms with Gasteiger partial charge in [-0.1, -0.05) is 0 Å². The molecule has 182 valence electrons. The lowest BCUT2D eigenvalue weighted by molar-refractivity contribution is 0.0240. The van der Waals surface area contributed by atoms with Crippen molar-refractivity contribution < 1.29 is 19.4 Å². The standard InChI is InChI=1S/C24H27N7O4/c1-24(2,3)35-23(34)31-10-8-30(9-11-31)21-14-16(4-5-27-21)18-12-17(22(32)33)13-19(28-18)29-20-15-25-6-7-26-20/h4-7,12-15H,8-11H2,1-3H3,(H,32,33)(H,26,28,29). The van der Waals surface area contributed by atoms with E-state index in [0.29, 0.717) is 43.5 Å². The van der Waals surface area contributed by atoms with Crippen molar-refractivity contribution in [3.8, 4) is 11.3 Å². The molecule has 0 unspecified atom stereocenters. The third-order valence-electron chi connectivity index (χ3n) is 5.19. The van der Waals surface area contributed by atoms with E-state index in [0.717, 1.165) is 11.4 Å². The molecule has 3 aromatic heterocycles. The number of aromatic carboxylic acids is 1. The van der Waals surface area contributed by atoms with Gasteiger partial charge in [-0.25, -0.2) is 24.5 Å². The Morgan fingerprint density at radius 3 is 2.43 bits per heavy atom. The van der Waals surface area contributed by atoms with Crippen LogP contribution in [0.15, 0.2) is 49.1 Å². The number of pyridine rings is 2. The number of nitrogens with one attached hydrogen (secondary N) is 1. The first kappa shape index (κ1) is 23.9. The van der Waals surface area contributed by atoms with Gasteiger partial charge in [0.1, 0.15) is 23.1 Å². The van der Waals surface area contributed by atoms with E-state index in [1.807, 2.05) is 26.8 Å². The van der Waals surface area contributed by atoms with Crippen LogP contribution in [0.2, 0.25) is 0 Å². The molecule has 1 fully saturated rings. The lowest BCUT2D eigenvalue weighted by Gasteiger charge is -2.36. The topological polar surface area (TPSA) is 134 Å². The number of amides is 1. The zero-order valence-corrected chi connectivity index (χ0v) is 19.8. The van der Waals surface area contributed by atoms with Crippen LogP contribution in [0, 0.1) is 0 Å². The maximum absolute atomic E-state index is 12.3. The molecule has 0 atom stereocenters. The fourth-order valence-electron chi connectivity index (χ4n) is 3.56. The number of nitrogens with zero attached hydrogens (tertiary/aromatic N) is 6. The quantitative estimate of drug-likeness (QED) is 0.563. The van der Waals surface area contributed by atoms with Crippen molar-refractivity contribution in [2.45, 2.75) is 26.4 Å². The Labute approximate surface area is 202 Å². The van der Waals surface area contributed by atoms with Crippen LogP contribution in [0.1, 0.15) is 31.1 Å². The monoisotopic (exact) mass is 477 g/mol. The van der Waals surface area contributed by atoms with E-state index >= 15 is 0 Å². The molecule has 0 saturated carbocycles. The average molecular weight is 478 g/mol. The van der Waals surface area contributed by atoms with E-state index in [2.05, 4.69) is 30.2 Å². The highest BCUT2D eigenvalue weighted by Gasteiger charge is 2.26. The zero-order chi connectivity index (χ0) is 25.0. The Morgan fingerprint density at radius 2 is 1.77 bits per heavy atom. The second kappa shape index (κ2) is 9.92. The highest BCUT2D eigenvalue weighted by Crippen LogP contribution is 2.26. The molecule has 3 aromatic rings. The molecule has 4 rings (SSSR count). The summed E-state index contributed by atoms with van der Waals surface area (Å²) >= 11 is 0. The van der Waals surface area contributed by atoms with Crippen LogP contribution in [-0.4, -0.2) is 73.8 Å². The summed E-state index contributed by atoms with van der Waals surface area (Å²) in [5, 5.41) is 12.6. The summed E-state index contributed by atoms with van der Waals surface area (Å²) in [7, 11) is 0. The number of hydrogen-bond acceptors (Lipinski definition) is 9. The predicted octanol–water partition coefficient (Wildman–Crippen LogP) is 3.43. The van der Waals surface area contributed by atoms with Gasteiger partial charge in [-0.15, -0.1) is 0 Å². The first-order valence-corrected chi connectivity index (χ1v) is 11.2. The zero-order valence-electron chi connectivity index (χ0n) is 19.8. The highest BCUT2D eigenvalue weighted by atomic mass is 16.6. The summed E-state index contributed by atoms with van der Waals surface area (Å²) in [6.07, 6.45) is 5.94. The van der Waals surface area contributed by atoms with Gasteiger partial charge >= 0.3 is 12.1 Å². The SMILES string of the molecule is CC(C)(C)OC(=O)N1CCN(c2cc(-c3cc(C(=O)O)cc(Nc4cnccn4)n3)ccn2)CC1. The Bertz CT molecular complexity index is 1210. The lowest BCUT2D eigenvalue weighted by Crippen LogP contribution is -2.50. The van der Waals surface area contributed by atoms with Crippen LogP contribution in [0.25, 0.3) is 11.3 Å². The van der Waals surface area contributed by atoms with Crippen LogP contribution in [-0.2, 0) is 4.74 Å². The first-order chi connectivity index (χ1) is 16.7. The van der Waals surface area contributed by atoms with Gasteiger partial charge < -0.3 is 25.0 Å². The van der Waals surface area contributed by atoms with Crippen LogP contribution in [0.4, 0.5) is 22.2 Å².